The van der Waals surface area contributed by atoms with E-state index in [1.807, 2.05) is 69.3 Å². The first-order chi connectivity index (χ1) is 14.3. The summed E-state index contributed by atoms with van der Waals surface area (Å²) in [5.74, 6) is -0.520. The van der Waals surface area contributed by atoms with Gasteiger partial charge >= 0.3 is 5.97 Å². The van der Waals surface area contributed by atoms with Gasteiger partial charge in [-0.25, -0.2) is 4.79 Å². The number of aryl methyl sites for hydroxylation is 1. The number of hydrogen-bond acceptors (Lipinski definition) is 4. The number of nitrogens with one attached hydrogen (secondary N) is 1. The van der Waals surface area contributed by atoms with Crippen molar-refractivity contribution >= 4 is 28.9 Å². The Hall–Kier alpha value is -3.12. The summed E-state index contributed by atoms with van der Waals surface area (Å²) >= 11 is 1.24. The lowest BCUT2D eigenvalue weighted by molar-refractivity contribution is -0.116. The minimum absolute atomic E-state index is 0.0791. The molecule has 1 aromatic heterocycles. The van der Waals surface area contributed by atoms with E-state index in [0.29, 0.717) is 11.3 Å². The maximum absolute atomic E-state index is 12.6. The zero-order chi connectivity index (χ0) is 21.4. The molecule has 1 unspecified atom stereocenters. The minimum atomic E-state index is -0.987. The summed E-state index contributed by atoms with van der Waals surface area (Å²) in [6.45, 7) is 5.92. The predicted octanol–water partition coefficient (Wildman–Crippen LogP) is 5.68. The van der Waals surface area contributed by atoms with Crippen molar-refractivity contribution in [2.45, 2.75) is 39.2 Å². The van der Waals surface area contributed by atoms with Crippen molar-refractivity contribution in [3.8, 4) is 16.9 Å². The fraction of sp³-hybridized carbons (Fsp3) is 0.250. The number of carboxylic acids is 1. The third kappa shape index (κ3) is 3.83. The Bertz CT molecular complexity index is 1100. The fourth-order valence-corrected chi connectivity index (χ4v) is 5.00. The second-order valence-electron chi connectivity index (χ2n) is 7.76. The van der Waals surface area contributed by atoms with Crippen LogP contribution in [0.1, 0.15) is 51.9 Å². The SMILES string of the molecule is Cc1ccc(-c2c(C(=O)O)sc3c2NC(=O)CC3c2ccc(OC(C)C)cc2)cc1. The monoisotopic (exact) mass is 421 g/mol. The highest BCUT2D eigenvalue weighted by Gasteiger charge is 2.34. The van der Waals surface area contributed by atoms with Gasteiger partial charge in [0.1, 0.15) is 10.6 Å². The fourth-order valence-electron chi connectivity index (χ4n) is 3.75. The van der Waals surface area contributed by atoms with Crippen LogP contribution in [0.15, 0.2) is 48.5 Å². The zero-order valence-electron chi connectivity index (χ0n) is 17.1. The number of fused-ring (bicyclic) bond motifs is 1. The lowest BCUT2D eigenvalue weighted by Gasteiger charge is -2.24. The van der Waals surface area contributed by atoms with E-state index >= 15 is 0 Å². The number of carbonyl (C=O) groups is 2. The molecule has 0 saturated carbocycles. The molecule has 2 N–H and O–H groups in total. The summed E-state index contributed by atoms with van der Waals surface area (Å²) < 4.78 is 5.71. The highest BCUT2D eigenvalue weighted by Crippen LogP contribution is 2.49. The number of aromatic carboxylic acids is 1. The number of rotatable bonds is 5. The molecule has 2 aromatic carbocycles. The number of carbonyl (C=O) groups excluding carboxylic acids is 1. The van der Waals surface area contributed by atoms with Gasteiger partial charge in [-0.15, -0.1) is 11.3 Å². The summed E-state index contributed by atoms with van der Waals surface area (Å²) in [6.07, 6.45) is 0.361. The molecule has 6 heteroatoms. The van der Waals surface area contributed by atoms with Crippen molar-refractivity contribution in [2.24, 2.45) is 0 Å². The largest absolute Gasteiger partial charge is 0.491 e. The van der Waals surface area contributed by atoms with E-state index < -0.39 is 5.97 Å². The molecule has 0 radical (unpaired) electrons. The van der Waals surface area contributed by atoms with Gasteiger partial charge in [0.2, 0.25) is 5.91 Å². The first kappa shape index (κ1) is 20.2. The number of benzene rings is 2. The van der Waals surface area contributed by atoms with Crippen molar-refractivity contribution < 1.29 is 19.4 Å². The van der Waals surface area contributed by atoms with Crippen LogP contribution in [0.5, 0.6) is 5.75 Å². The van der Waals surface area contributed by atoms with E-state index in [-0.39, 0.29) is 29.2 Å². The van der Waals surface area contributed by atoms with E-state index in [2.05, 4.69) is 5.32 Å². The van der Waals surface area contributed by atoms with Gasteiger partial charge in [-0.2, -0.15) is 0 Å². The molecule has 0 saturated heterocycles. The Morgan fingerprint density at radius 2 is 1.80 bits per heavy atom. The average molecular weight is 422 g/mol. The van der Waals surface area contributed by atoms with Gasteiger partial charge < -0.3 is 15.2 Å². The second kappa shape index (κ2) is 7.95. The van der Waals surface area contributed by atoms with E-state index in [1.54, 1.807) is 0 Å². The number of carboxylic acid groups (broad SMARTS) is 1. The zero-order valence-corrected chi connectivity index (χ0v) is 17.9. The molecule has 3 aromatic rings. The van der Waals surface area contributed by atoms with Gasteiger partial charge in [0.15, 0.2) is 0 Å². The summed E-state index contributed by atoms with van der Waals surface area (Å²) in [6, 6.07) is 15.4. The standard InChI is InChI=1S/C24H23NO4S/c1-13(2)29-17-10-8-15(9-11-17)18-12-19(26)25-21-20(16-6-4-14(3)5-7-16)23(24(27)28)30-22(18)21/h4-11,13,18H,12H2,1-3H3,(H,25,26)(H,27,28). The average Bonchev–Trinajstić information content (AvgIpc) is 3.08. The van der Waals surface area contributed by atoms with Crippen molar-refractivity contribution in [3.63, 3.8) is 0 Å². The molecule has 1 aliphatic heterocycles. The molecule has 0 aliphatic carbocycles. The van der Waals surface area contributed by atoms with Crippen LogP contribution < -0.4 is 10.1 Å². The van der Waals surface area contributed by atoms with Crippen molar-refractivity contribution in [1.29, 1.82) is 0 Å². The Labute approximate surface area is 179 Å². The Morgan fingerprint density at radius 3 is 2.40 bits per heavy atom. The third-order valence-electron chi connectivity index (χ3n) is 5.09. The number of ether oxygens (including phenoxy) is 1. The van der Waals surface area contributed by atoms with E-state index in [4.69, 9.17) is 4.74 Å². The van der Waals surface area contributed by atoms with Crippen LogP contribution in [-0.2, 0) is 4.79 Å². The number of hydrogen-bond donors (Lipinski definition) is 2. The van der Waals surface area contributed by atoms with Gasteiger partial charge in [0.25, 0.3) is 0 Å². The molecule has 0 fully saturated rings. The quantitative estimate of drug-likeness (QED) is 0.555. The van der Waals surface area contributed by atoms with E-state index in [9.17, 15) is 14.7 Å². The van der Waals surface area contributed by atoms with Crippen molar-refractivity contribution in [2.75, 3.05) is 5.32 Å². The number of amides is 1. The normalized spacial score (nSPS) is 15.6. The minimum Gasteiger partial charge on any atom is -0.491 e. The smallest absolute Gasteiger partial charge is 0.346 e. The maximum Gasteiger partial charge on any atom is 0.346 e. The molecule has 4 rings (SSSR count). The predicted molar refractivity (Wildman–Crippen MR) is 119 cm³/mol. The third-order valence-corrected chi connectivity index (χ3v) is 6.39. The second-order valence-corrected chi connectivity index (χ2v) is 8.81. The van der Waals surface area contributed by atoms with Gasteiger partial charge in [0.05, 0.1) is 11.8 Å². The molecular weight excluding hydrogens is 398 g/mol. The van der Waals surface area contributed by atoms with Crippen LogP contribution in [0.25, 0.3) is 11.1 Å². The molecule has 1 aliphatic rings. The Kier molecular flexibility index (Phi) is 5.35. The molecule has 154 valence electrons. The highest BCUT2D eigenvalue weighted by atomic mass is 32.1. The summed E-state index contributed by atoms with van der Waals surface area (Å²) in [5, 5.41) is 12.8. The van der Waals surface area contributed by atoms with Gasteiger partial charge in [-0.1, -0.05) is 42.0 Å². The first-order valence-electron chi connectivity index (χ1n) is 9.87. The van der Waals surface area contributed by atoms with Gasteiger partial charge in [-0.3, -0.25) is 4.79 Å². The molecule has 1 amide bonds. The molecule has 1 atom stereocenters. The van der Waals surface area contributed by atoms with Crippen LogP contribution in [0.2, 0.25) is 0 Å². The van der Waals surface area contributed by atoms with E-state index in [1.165, 1.54) is 11.3 Å². The number of thiophene rings is 1. The lowest BCUT2D eigenvalue weighted by atomic mass is 9.88. The van der Waals surface area contributed by atoms with Crippen LogP contribution in [-0.4, -0.2) is 23.1 Å². The molecular formula is C24H23NO4S. The Balaban J connectivity index is 1.81. The van der Waals surface area contributed by atoms with E-state index in [0.717, 1.165) is 27.3 Å². The molecule has 2 heterocycles. The van der Waals surface area contributed by atoms with Crippen LogP contribution in [0, 0.1) is 6.92 Å². The topological polar surface area (TPSA) is 75.6 Å². The van der Waals surface area contributed by atoms with Crippen molar-refractivity contribution in [3.05, 3.63) is 69.4 Å². The maximum atomic E-state index is 12.6. The summed E-state index contributed by atoms with van der Waals surface area (Å²) in [4.78, 5) is 25.7. The van der Waals surface area contributed by atoms with Gasteiger partial charge in [-0.05, 0) is 44.0 Å². The highest BCUT2D eigenvalue weighted by molar-refractivity contribution is 7.15. The molecule has 0 bridgehead atoms. The first-order valence-corrected chi connectivity index (χ1v) is 10.7. The lowest BCUT2D eigenvalue weighted by Crippen LogP contribution is -2.22. The van der Waals surface area contributed by atoms with Crippen molar-refractivity contribution in [1.82, 2.24) is 0 Å². The Morgan fingerprint density at radius 1 is 1.13 bits per heavy atom. The summed E-state index contributed by atoms with van der Waals surface area (Å²) in [7, 11) is 0. The summed E-state index contributed by atoms with van der Waals surface area (Å²) in [5.41, 5.74) is 4.05. The van der Waals surface area contributed by atoms with Crippen LogP contribution in [0.4, 0.5) is 5.69 Å². The van der Waals surface area contributed by atoms with Crippen LogP contribution >= 0.6 is 11.3 Å². The molecule has 0 spiro atoms. The molecule has 5 nitrogen and oxygen atoms in total. The molecule has 30 heavy (non-hydrogen) atoms. The number of anilines is 1. The van der Waals surface area contributed by atoms with Crippen LogP contribution in [0.3, 0.4) is 0 Å². The van der Waals surface area contributed by atoms with Gasteiger partial charge in [0, 0.05) is 22.8 Å².